The molecule has 0 aromatic heterocycles. The standard InChI is InChI=1S/C7H13ClO3S/c1-7(4-3-5-11-2)6-12(8,9)10/h1,3-6H2,2H3. The summed E-state index contributed by atoms with van der Waals surface area (Å²) < 4.78 is 25.9. The van der Waals surface area contributed by atoms with Gasteiger partial charge in [0.15, 0.2) is 0 Å². The zero-order valence-corrected chi connectivity index (χ0v) is 8.62. The maximum atomic E-state index is 10.5. The van der Waals surface area contributed by atoms with Gasteiger partial charge in [-0.3, -0.25) is 0 Å². The highest BCUT2D eigenvalue weighted by Gasteiger charge is 2.07. The van der Waals surface area contributed by atoms with Gasteiger partial charge >= 0.3 is 0 Å². The molecule has 0 saturated carbocycles. The Bertz CT molecular complexity index is 233. The first-order valence-corrected chi connectivity index (χ1v) is 6.01. The smallest absolute Gasteiger partial charge is 0.236 e. The van der Waals surface area contributed by atoms with E-state index < -0.39 is 9.05 Å². The Morgan fingerprint density at radius 1 is 1.58 bits per heavy atom. The van der Waals surface area contributed by atoms with Gasteiger partial charge in [0.25, 0.3) is 0 Å². The molecule has 0 aliphatic rings. The molecule has 0 heterocycles. The number of hydrogen-bond acceptors (Lipinski definition) is 3. The van der Waals surface area contributed by atoms with Crippen LogP contribution in [0.5, 0.6) is 0 Å². The van der Waals surface area contributed by atoms with Gasteiger partial charge in [-0.2, -0.15) is 0 Å². The minimum absolute atomic E-state index is 0.141. The molecule has 0 rings (SSSR count). The molecular weight excluding hydrogens is 200 g/mol. The molecule has 0 bridgehead atoms. The van der Waals surface area contributed by atoms with Crippen molar-refractivity contribution in [2.24, 2.45) is 0 Å². The quantitative estimate of drug-likeness (QED) is 0.381. The van der Waals surface area contributed by atoms with Crippen molar-refractivity contribution in [2.75, 3.05) is 19.5 Å². The van der Waals surface area contributed by atoms with Gasteiger partial charge in [-0.25, -0.2) is 8.42 Å². The molecule has 72 valence electrons. The van der Waals surface area contributed by atoms with Gasteiger partial charge in [0.1, 0.15) is 0 Å². The monoisotopic (exact) mass is 212 g/mol. The molecule has 5 heteroatoms. The lowest BCUT2D eigenvalue weighted by atomic mass is 10.2. The van der Waals surface area contributed by atoms with Crippen LogP contribution in [0.15, 0.2) is 12.2 Å². The largest absolute Gasteiger partial charge is 0.385 e. The van der Waals surface area contributed by atoms with E-state index in [-0.39, 0.29) is 5.75 Å². The van der Waals surface area contributed by atoms with Gasteiger partial charge in [0.05, 0.1) is 5.75 Å². The second kappa shape index (κ2) is 5.56. The van der Waals surface area contributed by atoms with Crippen LogP contribution in [0.25, 0.3) is 0 Å². The number of hydrogen-bond donors (Lipinski definition) is 0. The number of halogens is 1. The van der Waals surface area contributed by atoms with Crippen LogP contribution >= 0.6 is 10.7 Å². The average Bonchev–Trinajstić information content (AvgIpc) is 1.84. The second-order valence-electron chi connectivity index (χ2n) is 2.53. The highest BCUT2D eigenvalue weighted by atomic mass is 35.7. The van der Waals surface area contributed by atoms with E-state index in [0.29, 0.717) is 18.6 Å². The first-order chi connectivity index (χ1) is 5.45. The van der Waals surface area contributed by atoms with Gasteiger partial charge in [-0.1, -0.05) is 12.2 Å². The summed E-state index contributed by atoms with van der Waals surface area (Å²) in [5.74, 6) is -0.141. The summed E-state index contributed by atoms with van der Waals surface area (Å²) in [5, 5.41) is 0. The van der Waals surface area contributed by atoms with Crippen molar-refractivity contribution in [1.29, 1.82) is 0 Å². The summed E-state index contributed by atoms with van der Waals surface area (Å²) >= 11 is 0. The SMILES string of the molecule is C=C(CCCOC)CS(=O)(=O)Cl. The van der Waals surface area contributed by atoms with Crippen LogP contribution in [-0.4, -0.2) is 27.9 Å². The lowest BCUT2D eigenvalue weighted by molar-refractivity contribution is 0.195. The van der Waals surface area contributed by atoms with Gasteiger partial charge in [-0.15, -0.1) is 0 Å². The molecule has 0 saturated heterocycles. The lowest BCUT2D eigenvalue weighted by Crippen LogP contribution is -2.01. The van der Waals surface area contributed by atoms with Crippen LogP contribution < -0.4 is 0 Å². The van der Waals surface area contributed by atoms with Crippen LogP contribution in [0, 0.1) is 0 Å². The number of rotatable bonds is 6. The Hall–Kier alpha value is -0.0600. The van der Waals surface area contributed by atoms with E-state index in [1.54, 1.807) is 7.11 Å². The Morgan fingerprint density at radius 3 is 2.58 bits per heavy atom. The summed E-state index contributed by atoms with van der Waals surface area (Å²) in [4.78, 5) is 0. The maximum Gasteiger partial charge on any atom is 0.236 e. The molecule has 3 nitrogen and oxygen atoms in total. The minimum Gasteiger partial charge on any atom is -0.385 e. The van der Waals surface area contributed by atoms with Crippen molar-refractivity contribution in [3.05, 3.63) is 12.2 Å². The van der Waals surface area contributed by atoms with Gasteiger partial charge in [-0.05, 0) is 12.8 Å². The van der Waals surface area contributed by atoms with E-state index in [9.17, 15) is 8.42 Å². The van der Waals surface area contributed by atoms with Crippen molar-refractivity contribution < 1.29 is 13.2 Å². The number of ether oxygens (including phenoxy) is 1. The Labute approximate surface area is 77.8 Å². The Kier molecular flexibility index (Phi) is 5.53. The molecule has 0 radical (unpaired) electrons. The normalized spacial score (nSPS) is 11.5. The fourth-order valence-electron chi connectivity index (χ4n) is 0.782. The summed E-state index contributed by atoms with van der Waals surface area (Å²) in [6.45, 7) is 4.21. The average molecular weight is 213 g/mol. The summed E-state index contributed by atoms with van der Waals surface area (Å²) in [6.07, 6.45) is 1.42. The third-order valence-electron chi connectivity index (χ3n) is 1.26. The molecule has 0 amide bonds. The number of methoxy groups -OCH3 is 1. The molecule has 0 N–H and O–H groups in total. The minimum atomic E-state index is -3.43. The van der Waals surface area contributed by atoms with Crippen molar-refractivity contribution in [3.8, 4) is 0 Å². The van der Waals surface area contributed by atoms with Crippen molar-refractivity contribution in [1.82, 2.24) is 0 Å². The van der Waals surface area contributed by atoms with Crippen LogP contribution in [0.4, 0.5) is 0 Å². The first-order valence-electron chi connectivity index (χ1n) is 3.53. The molecular formula is C7H13ClO3S. The molecule has 0 atom stereocenters. The van der Waals surface area contributed by atoms with E-state index in [2.05, 4.69) is 6.58 Å². The maximum absolute atomic E-state index is 10.5. The molecule has 0 fully saturated rings. The molecule has 0 aromatic carbocycles. The molecule has 0 unspecified atom stereocenters. The van der Waals surface area contributed by atoms with Crippen LogP contribution in [0.2, 0.25) is 0 Å². The van der Waals surface area contributed by atoms with E-state index in [4.69, 9.17) is 15.4 Å². The highest BCUT2D eigenvalue weighted by molar-refractivity contribution is 8.13. The Morgan fingerprint density at radius 2 is 2.17 bits per heavy atom. The zero-order chi connectivity index (χ0) is 9.61. The summed E-state index contributed by atoms with van der Waals surface area (Å²) in [6, 6.07) is 0. The fourth-order valence-corrected chi connectivity index (χ4v) is 1.88. The topological polar surface area (TPSA) is 43.4 Å². The molecule has 0 aromatic rings. The van der Waals surface area contributed by atoms with Crippen LogP contribution in [0.3, 0.4) is 0 Å². The predicted octanol–water partition coefficient (Wildman–Crippen LogP) is 1.54. The summed E-state index contributed by atoms with van der Waals surface area (Å²) in [5.41, 5.74) is 0.627. The Balaban J connectivity index is 3.62. The molecule has 12 heavy (non-hydrogen) atoms. The lowest BCUT2D eigenvalue weighted by Gasteiger charge is -2.01. The van der Waals surface area contributed by atoms with E-state index in [1.165, 1.54) is 0 Å². The van der Waals surface area contributed by atoms with Crippen molar-refractivity contribution in [2.45, 2.75) is 12.8 Å². The molecule has 0 aliphatic carbocycles. The predicted molar refractivity (Wildman–Crippen MR) is 49.9 cm³/mol. The van der Waals surface area contributed by atoms with Crippen molar-refractivity contribution >= 4 is 19.7 Å². The van der Waals surface area contributed by atoms with Gasteiger partial charge in [0, 0.05) is 24.4 Å². The van der Waals surface area contributed by atoms with Crippen LogP contribution in [0.1, 0.15) is 12.8 Å². The van der Waals surface area contributed by atoms with Crippen LogP contribution in [-0.2, 0) is 13.8 Å². The van der Waals surface area contributed by atoms with E-state index >= 15 is 0 Å². The summed E-state index contributed by atoms with van der Waals surface area (Å²) in [7, 11) is 3.19. The fraction of sp³-hybridized carbons (Fsp3) is 0.714. The second-order valence-corrected chi connectivity index (χ2v) is 5.31. The van der Waals surface area contributed by atoms with E-state index in [0.717, 1.165) is 6.42 Å². The zero-order valence-electron chi connectivity index (χ0n) is 7.05. The molecule has 0 aliphatic heterocycles. The molecule has 0 spiro atoms. The first kappa shape index (κ1) is 11.9. The van der Waals surface area contributed by atoms with Crippen molar-refractivity contribution in [3.63, 3.8) is 0 Å². The third-order valence-corrected chi connectivity index (χ3v) is 2.34. The van der Waals surface area contributed by atoms with E-state index in [1.807, 2.05) is 0 Å². The highest BCUT2D eigenvalue weighted by Crippen LogP contribution is 2.08. The third kappa shape index (κ3) is 8.04. The van der Waals surface area contributed by atoms with Gasteiger partial charge < -0.3 is 4.74 Å². The van der Waals surface area contributed by atoms with Gasteiger partial charge in [0.2, 0.25) is 9.05 Å².